The van der Waals surface area contributed by atoms with Crippen molar-refractivity contribution in [2.75, 3.05) is 5.32 Å². The molecule has 0 fully saturated rings. The van der Waals surface area contributed by atoms with Crippen molar-refractivity contribution in [2.24, 2.45) is 0 Å². The summed E-state index contributed by atoms with van der Waals surface area (Å²) >= 11 is 7.18. The average molecular weight is 268 g/mol. The Morgan fingerprint density at radius 2 is 2.12 bits per heavy atom. The number of hydrogen-bond donors (Lipinski definition) is 2. The molecule has 0 aliphatic rings. The van der Waals surface area contributed by atoms with Crippen molar-refractivity contribution in [3.05, 3.63) is 45.1 Å². The van der Waals surface area contributed by atoms with Gasteiger partial charge in [0.15, 0.2) is 0 Å². The molecule has 88 valence electrons. The first kappa shape index (κ1) is 12.0. The fourth-order valence-corrected chi connectivity index (χ4v) is 2.28. The van der Waals surface area contributed by atoms with E-state index < -0.39 is 0 Å². The Hall–Kier alpha value is -1.52. The molecule has 0 saturated heterocycles. The molecule has 5 heteroatoms. The molecule has 0 saturated carbocycles. The van der Waals surface area contributed by atoms with Gasteiger partial charge in [-0.1, -0.05) is 11.6 Å². The number of carbonyl (C=O) groups is 1. The zero-order valence-electron chi connectivity index (χ0n) is 9.03. The lowest BCUT2D eigenvalue weighted by molar-refractivity contribution is 0.103. The van der Waals surface area contributed by atoms with Crippen LogP contribution in [0.4, 0.5) is 5.69 Å². The molecule has 0 aliphatic carbocycles. The van der Waals surface area contributed by atoms with Gasteiger partial charge in [-0.3, -0.25) is 4.79 Å². The largest absolute Gasteiger partial charge is 0.506 e. The van der Waals surface area contributed by atoms with E-state index in [0.717, 1.165) is 4.88 Å². The minimum Gasteiger partial charge on any atom is -0.506 e. The van der Waals surface area contributed by atoms with Crippen LogP contribution in [0.2, 0.25) is 5.02 Å². The van der Waals surface area contributed by atoms with E-state index in [4.69, 9.17) is 11.6 Å². The Morgan fingerprint density at radius 3 is 2.71 bits per heavy atom. The van der Waals surface area contributed by atoms with Gasteiger partial charge in [-0.25, -0.2) is 0 Å². The summed E-state index contributed by atoms with van der Waals surface area (Å²) in [5.74, 6) is -0.179. The number of rotatable bonds is 2. The van der Waals surface area contributed by atoms with Crippen LogP contribution in [0, 0.1) is 6.92 Å². The minimum atomic E-state index is -0.176. The predicted molar refractivity (Wildman–Crippen MR) is 70.1 cm³/mol. The third-order valence-electron chi connectivity index (χ3n) is 2.17. The molecule has 1 aromatic heterocycles. The highest BCUT2D eigenvalue weighted by Crippen LogP contribution is 2.26. The second-order valence-electron chi connectivity index (χ2n) is 3.53. The number of carbonyl (C=O) groups excluding carboxylic acids is 1. The summed E-state index contributed by atoms with van der Waals surface area (Å²) in [6, 6.07) is 8.22. The monoisotopic (exact) mass is 267 g/mol. The van der Waals surface area contributed by atoms with Gasteiger partial charge in [-0.05, 0) is 37.3 Å². The maximum absolute atomic E-state index is 11.8. The Kier molecular flexibility index (Phi) is 3.36. The summed E-state index contributed by atoms with van der Waals surface area (Å²) in [7, 11) is 0. The van der Waals surface area contributed by atoms with E-state index in [0.29, 0.717) is 10.6 Å². The molecule has 2 N–H and O–H groups in total. The number of nitrogens with one attached hydrogen (secondary N) is 1. The van der Waals surface area contributed by atoms with Crippen LogP contribution in [-0.2, 0) is 0 Å². The molecule has 2 rings (SSSR count). The molecule has 0 radical (unpaired) electrons. The standard InChI is InChI=1S/C12H10ClNO2S/c1-7-2-5-11(17-7)12(16)14-8-3-4-10(15)9(13)6-8/h2-6,15H,1H3,(H,14,16). The number of anilines is 1. The number of thiophene rings is 1. The Balaban J connectivity index is 2.15. The number of benzene rings is 1. The molecule has 1 heterocycles. The Labute approximate surface area is 108 Å². The second kappa shape index (κ2) is 4.77. The molecular formula is C12H10ClNO2S. The molecule has 0 atom stereocenters. The third-order valence-corrected chi connectivity index (χ3v) is 3.47. The van der Waals surface area contributed by atoms with Gasteiger partial charge in [0.1, 0.15) is 5.75 Å². The minimum absolute atomic E-state index is 0.00312. The van der Waals surface area contributed by atoms with Gasteiger partial charge in [0.05, 0.1) is 9.90 Å². The van der Waals surface area contributed by atoms with Crippen molar-refractivity contribution >= 4 is 34.5 Å². The molecular weight excluding hydrogens is 258 g/mol. The summed E-state index contributed by atoms with van der Waals surface area (Å²) in [5.41, 5.74) is 0.559. The van der Waals surface area contributed by atoms with E-state index in [1.54, 1.807) is 12.1 Å². The van der Waals surface area contributed by atoms with Gasteiger partial charge < -0.3 is 10.4 Å². The van der Waals surface area contributed by atoms with E-state index in [9.17, 15) is 9.90 Å². The van der Waals surface area contributed by atoms with E-state index >= 15 is 0 Å². The maximum atomic E-state index is 11.8. The van der Waals surface area contributed by atoms with Crippen molar-refractivity contribution < 1.29 is 9.90 Å². The van der Waals surface area contributed by atoms with Crippen LogP contribution in [0.25, 0.3) is 0 Å². The lowest BCUT2D eigenvalue weighted by Gasteiger charge is -2.04. The normalized spacial score (nSPS) is 10.2. The van der Waals surface area contributed by atoms with E-state index in [1.165, 1.54) is 23.5 Å². The number of phenolic OH excluding ortho intramolecular Hbond substituents is 1. The number of hydrogen-bond acceptors (Lipinski definition) is 3. The molecule has 0 spiro atoms. The van der Waals surface area contributed by atoms with Crippen LogP contribution >= 0.6 is 22.9 Å². The summed E-state index contributed by atoms with van der Waals surface area (Å²) in [6.45, 7) is 1.94. The summed E-state index contributed by atoms with van der Waals surface area (Å²) < 4.78 is 0. The van der Waals surface area contributed by atoms with Gasteiger partial charge in [0, 0.05) is 10.6 Å². The molecule has 0 aliphatic heterocycles. The number of phenols is 1. The molecule has 0 unspecified atom stereocenters. The highest BCUT2D eigenvalue weighted by Gasteiger charge is 2.09. The Morgan fingerprint density at radius 1 is 1.35 bits per heavy atom. The SMILES string of the molecule is Cc1ccc(C(=O)Nc2ccc(O)c(Cl)c2)s1. The summed E-state index contributed by atoms with van der Waals surface area (Å²) in [4.78, 5) is 13.5. The quantitative estimate of drug-likeness (QED) is 0.816. The Bertz CT molecular complexity index is 565. The number of aryl methyl sites for hydroxylation is 1. The van der Waals surface area contributed by atoms with Crippen LogP contribution in [0.1, 0.15) is 14.5 Å². The zero-order chi connectivity index (χ0) is 12.4. The third kappa shape index (κ3) is 2.78. The number of amides is 1. The van der Waals surface area contributed by atoms with Crippen LogP contribution in [0.3, 0.4) is 0 Å². The fourth-order valence-electron chi connectivity index (χ4n) is 1.33. The molecule has 1 aromatic carbocycles. The first-order chi connectivity index (χ1) is 8.06. The summed E-state index contributed by atoms with van der Waals surface area (Å²) in [5, 5.41) is 12.2. The highest BCUT2D eigenvalue weighted by molar-refractivity contribution is 7.14. The number of halogens is 1. The van der Waals surface area contributed by atoms with Crippen molar-refractivity contribution in [1.29, 1.82) is 0 Å². The first-order valence-corrected chi connectivity index (χ1v) is 6.12. The summed E-state index contributed by atoms with van der Waals surface area (Å²) in [6.07, 6.45) is 0. The van der Waals surface area contributed by atoms with Gasteiger partial charge >= 0.3 is 0 Å². The molecule has 2 aromatic rings. The smallest absolute Gasteiger partial charge is 0.265 e. The van der Waals surface area contributed by atoms with Gasteiger partial charge in [0.25, 0.3) is 5.91 Å². The molecule has 0 bridgehead atoms. The molecule has 17 heavy (non-hydrogen) atoms. The lowest BCUT2D eigenvalue weighted by Crippen LogP contribution is -2.09. The average Bonchev–Trinajstić information content (AvgIpc) is 2.70. The first-order valence-electron chi connectivity index (χ1n) is 4.92. The molecule has 1 amide bonds. The van der Waals surface area contributed by atoms with E-state index in [1.807, 2.05) is 13.0 Å². The van der Waals surface area contributed by atoms with Crippen molar-refractivity contribution in [1.82, 2.24) is 0 Å². The highest BCUT2D eigenvalue weighted by atomic mass is 35.5. The van der Waals surface area contributed by atoms with Crippen LogP contribution in [0.15, 0.2) is 30.3 Å². The van der Waals surface area contributed by atoms with Crippen molar-refractivity contribution in [3.63, 3.8) is 0 Å². The van der Waals surface area contributed by atoms with E-state index in [-0.39, 0.29) is 16.7 Å². The molecule has 3 nitrogen and oxygen atoms in total. The van der Waals surface area contributed by atoms with Gasteiger partial charge in [0.2, 0.25) is 0 Å². The van der Waals surface area contributed by atoms with Crippen LogP contribution in [0.5, 0.6) is 5.75 Å². The van der Waals surface area contributed by atoms with Gasteiger partial charge in [-0.15, -0.1) is 11.3 Å². The fraction of sp³-hybridized carbons (Fsp3) is 0.0833. The number of aromatic hydroxyl groups is 1. The van der Waals surface area contributed by atoms with Gasteiger partial charge in [-0.2, -0.15) is 0 Å². The van der Waals surface area contributed by atoms with Crippen LogP contribution < -0.4 is 5.32 Å². The lowest BCUT2D eigenvalue weighted by atomic mass is 10.3. The van der Waals surface area contributed by atoms with Crippen molar-refractivity contribution in [3.8, 4) is 5.75 Å². The predicted octanol–water partition coefficient (Wildman–Crippen LogP) is 3.67. The van der Waals surface area contributed by atoms with Crippen LogP contribution in [-0.4, -0.2) is 11.0 Å². The second-order valence-corrected chi connectivity index (χ2v) is 5.23. The van der Waals surface area contributed by atoms with E-state index in [2.05, 4.69) is 5.32 Å². The maximum Gasteiger partial charge on any atom is 0.265 e. The van der Waals surface area contributed by atoms with Crippen molar-refractivity contribution in [2.45, 2.75) is 6.92 Å². The zero-order valence-corrected chi connectivity index (χ0v) is 10.6. The topological polar surface area (TPSA) is 49.3 Å².